The Labute approximate surface area is 110 Å². The molecule has 0 aliphatic heterocycles. The molecular formula is C14H26O4. The van der Waals surface area contributed by atoms with Gasteiger partial charge in [0.25, 0.3) is 0 Å². The molecule has 0 aromatic rings. The first-order valence-electron chi connectivity index (χ1n) is 7.16. The molecule has 4 heteroatoms. The summed E-state index contributed by atoms with van der Waals surface area (Å²) < 4.78 is 16.2. The predicted octanol–water partition coefficient (Wildman–Crippen LogP) is 1.75. The Balaban J connectivity index is 1.64. The Bertz CT molecular complexity index is 238. The standard InChI is InChI=1S/C14H26O4/c1-16-7-8-17-9-10-18-13-11-12(15)14(13)5-3-2-4-6-14/h12-13,15H,2-11H2,1H3. The minimum Gasteiger partial charge on any atom is -0.392 e. The van der Waals surface area contributed by atoms with Gasteiger partial charge in [-0.2, -0.15) is 0 Å². The third-order valence-corrected chi connectivity index (χ3v) is 4.51. The molecule has 2 fully saturated rings. The quantitative estimate of drug-likeness (QED) is 0.707. The summed E-state index contributed by atoms with van der Waals surface area (Å²) in [5.41, 5.74) is 0.0742. The highest BCUT2D eigenvalue weighted by molar-refractivity contribution is 5.05. The molecule has 1 spiro atoms. The van der Waals surface area contributed by atoms with E-state index in [4.69, 9.17) is 14.2 Å². The zero-order valence-corrected chi connectivity index (χ0v) is 11.4. The van der Waals surface area contributed by atoms with Gasteiger partial charge in [-0.05, 0) is 12.8 Å². The molecule has 0 heterocycles. The maximum Gasteiger partial charge on any atom is 0.0704 e. The first-order chi connectivity index (χ1) is 8.79. The summed E-state index contributed by atoms with van der Waals surface area (Å²) >= 11 is 0. The molecule has 0 bridgehead atoms. The van der Waals surface area contributed by atoms with E-state index in [9.17, 15) is 5.11 Å². The van der Waals surface area contributed by atoms with Crippen molar-refractivity contribution in [3.63, 3.8) is 0 Å². The number of rotatable bonds is 7. The molecule has 0 aromatic heterocycles. The topological polar surface area (TPSA) is 47.9 Å². The van der Waals surface area contributed by atoms with E-state index in [2.05, 4.69) is 0 Å². The van der Waals surface area contributed by atoms with Gasteiger partial charge < -0.3 is 19.3 Å². The van der Waals surface area contributed by atoms with E-state index >= 15 is 0 Å². The van der Waals surface area contributed by atoms with Gasteiger partial charge >= 0.3 is 0 Å². The fourth-order valence-electron chi connectivity index (χ4n) is 3.32. The zero-order valence-electron chi connectivity index (χ0n) is 11.4. The summed E-state index contributed by atoms with van der Waals surface area (Å²) in [5.74, 6) is 0. The highest BCUT2D eigenvalue weighted by Gasteiger charge is 2.55. The molecular weight excluding hydrogens is 232 g/mol. The van der Waals surface area contributed by atoms with Crippen molar-refractivity contribution in [2.75, 3.05) is 33.5 Å². The molecule has 2 unspecified atom stereocenters. The Morgan fingerprint density at radius 3 is 2.44 bits per heavy atom. The Kier molecular flexibility index (Phi) is 5.42. The van der Waals surface area contributed by atoms with Crippen molar-refractivity contribution in [3.05, 3.63) is 0 Å². The van der Waals surface area contributed by atoms with Crippen LogP contribution in [0, 0.1) is 5.41 Å². The molecule has 0 radical (unpaired) electrons. The lowest BCUT2D eigenvalue weighted by Crippen LogP contribution is -2.59. The number of aliphatic hydroxyl groups excluding tert-OH is 1. The maximum absolute atomic E-state index is 10.0. The van der Waals surface area contributed by atoms with Gasteiger partial charge in [0, 0.05) is 18.9 Å². The number of hydrogen-bond acceptors (Lipinski definition) is 4. The molecule has 2 aliphatic rings. The van der Waals surface area contributed by atoms with Crippen LogP contribution in [0.1, 0.15) is 38.5 Å². The van der Waals surface area contributed by atoms with Crippen molar-refractivity contribution in [2.45, 2.75) is 50.7 Å². The maximum atomic E-state index is 10.0. The highest BCUT2D eigenvalue weighted by Crippen LogP contribution is 2.53. The number of hydrogen-bond donors (Lipinski definition) is 1. The van der Waals surface area contributed by atoms with Crippen LogP contribution in [0.15, 0.2) is 0 Å². The molecule has 0 saturated heterocycles. The van der Waals surface area contributed by atoms with Crippen LogP contribution in [0.4, 0.5) is 0 Å². The summed E-state index contributed by atoms with van der Waals surface area (Å²) in [4.78, 5) is 0. The second-order valence-corrected chi connectivity index (χ2v) is 5.51. The molecule has 1 N–H and O–H groups in total. The second-order valence-electron chi connectivity index (χ2n) is 5.51. The van der Waals surface area contributed by atoms with E-state index in [0.29, 0.717) is 26.4 Å². The van der Waals surface area contributed by atoms with Crippen LogP contribution in [-0.2, 0) is 14.2 Å². The monoisotopic (exact) mass is 258 g/mol. The van der Waals surface area contributed by atoms with Crippen LogP contribution in [-0.4, -0.2) is 50.9 Å². The van der Waals surface area contributed by atoms with E-state index in [1.807, 2.05) is 0 Å². The molecule has 2 atom stereocenters. The van der Waals surface area contributed by atoms with Crippen LogP contribution in [0.5, 0.6) is 0 Å². The van der Waals surface area contributed by atoms with Crippen LogP contribution < -0.4 is 0 Å². The predicted molar refractivity (Wildman–Crippen MR) is 68.6 cm³/mol. The summed E-state index contributed by atoms with van der Waals surface area (Å²) in [6, 6.07) is 0. The van der Waals surface area contributed by atoms with Crippen molar-refractivity contribution in [1.29, 1.82) is 0 Å². The molecule has 106 valence electrons. The van der Waals surface area contributed by atoms with E-state index in [-0.39, 0.29) is 17.6 Å². The summed E-state index contributed by atoms with van der Waals surface area (Å²) in [6.07, 6.45) is 6.95. The van der Waals surface area contributed by atoms with E-state index in [1.165, 1.54) is 19.3 Å². The zero-order chi connectivity index (χ0) is 12.8. The minimum atomic E-state index is -0.141. The molecule has 2 aliphatic carbocycles. The lowest BCUT2D eigenvalue weighted by molar-refractivity contribution is -0.209. The van der Waals surface area contributed by atoms with Gasteiger partial charge in [-0.3, -0.25) is 0 Å². The molecule has 2 saturated carbocycles. The molecule has 18 heavy (non-hydrogen) atoms. The average Bonchev–Trinajstić information content (AvgIpc) is 2.42. The van der Waals surface area contributed by atoms with Crippen molar-refractivity contribution in [3.8, 4) is 0 Å². The third kappa shape index (κ3) is 3.05. The smallest absolute Gasteiger partial charge is 0.0704 e. The lowest BCUT2D eigenvalue weighted by Gasteiger charge is -2.55. The van der Waals surface area contributed by atoms with E-state index in [0.717, 1.165) is 19.3 Å². The first kappa shape index (κ1) is 14.3. The van der Waals surface area contributed by atoms with Crippen molar-refractivity contribution in [1.82, 2.24) is 0 Å². The molecule has 0 amide bonds. The Morgan fingerprint density at radius 2 is 1.78 bits per heavy atom. The van der Waals surface area contributed by atoms with Gasteiger partial charge in [0.1, 0.15) is 0 Å². The summed E-state index contributed by atoms with van der Waals surface area (Å²) in [6.45, 7) is 2.50. The number of aliphatic hydroxyl groups is 1. The molecule has 4 nitrogen and oxygen atoms in total. The van der Waals surface area contributed by atoms with Gasteiger partial charge in [-0.15, -0.1) is 0 Å². The lowest BCUT2D eigenvalue weighted by atomic mass is 9.56. The van der Waals surface area contributed by atoms with E-state index < -0.39 is 0 Å². The summed E-state index contributed by atoms with van der Waals surface area (Å²) in [7, 11) is 1.67. The third-order valence-electron chi connectivity index (χ3n) is 4.51. The fourth-order valence-corrected chi connectivity index (χ4v) is 3.32. The normalized spacial score (nSPS) is 30.3. The van der Waals surface area contributed by atoms with Gasteiger partial charge in [-0.25, -0.2) is 0 Å². The first-order valence-corrected chi connectivity index (χ1v) is 7.16. The van der Waals surface area contributed by atoms with Crippen molar-refractivity contribution >= 4 is 0 Å². The largest absolute Gasteiger partial charge is 0.392 e. The van der Waals surface area contributed by atoms with Crippen molar-refractivity contribution in [2.24, 2.45) is 5.41 Å². The van der Waals surface area contributed by atoms with E-state index in [1.54, 1.807) is 7.11 Å². The van der Waals surface area contributed by atoms with Crippen LogP contribution in [0.3, 0.4) is 0 Å². The van der Waals surface area contributed by atoms with Crippen LogP contribution in [0.25, 0.3) is 0 Å². The number of methoxy groups -OCH3 is 1. The second kappa shape index (κ2) is 6.85. The fraction of sp³-hybridized carbons (Fsp3) is 1.00. The highest BCUT2D eigenvalue weighted by atomic mass is 16.5. The van der Waals surface area contributed by atoms with Gasteiger partial charge in [0.2, 0.25) is 0 Å². The SMILES string of the molecule is COCCOCCOC1CC(O)C12CCCCC2. The minimum absolute atomic E-state index is 0.0742. The van der Waals surface area contributed by atoms with Crippen molar-refractivity contribution < 1.29 is 19.3 Å². The number of ether oxygens (including phenoxy) is 3. The van der Waals surface area contributed by atoms with Crippen LogP contribution >= 0.6 is 0 Å². The van der Waals surface area contributed by atoms with Crippen LogP contribution in [0.2, 0.25) is 0 Å². The molecule has 0 aromatic carbocycles. The van der Waals surface area contributed by atoms with Gasteiger partial charge in [0.05, 0.1) is 38.6 Å². The average molecular weight is 258 g/mol. The Morgan fingerprint density at radius 1 is 1.06 bits per heavy atom. The van der Waals surface area contributed by atoms with Gasteiger partial charge in [0.15, 0.2) is 0 Å². The Hall–Kier alpha value is -0.160. The van der Waals surface area contributed by atoms with Gasteiger partial charge in [-0.1, -0.05) is 19.3 Å². The summed E-state index contributed by atoms with van der Waals surface area (Å²) in [5, 5.41) is 10.0. The molecule has 2 rings (SSSR count).